The molecule has 112 valence electrons. The number of aromatic nitrogens is 1. The molecule has 5 heteroatoms. The van der Waals surface area contributed by atoms with Crippen molar-refractivity contribution in [3.63, 3.8) is 0 Å². The van der Waals surface area contributed by atoms with Crippen LogP contribution < -0.4 is 5.73 Å². The summed E-state index contributed by atoms with van der Waals surface area (Å²) in [6, 6.07) is 0.380. The summed E-state index contributed by atoms with van der Waals surface area (Å²) in [7, 11) is 1.92. The quantitative estimate of drug-likeness (QED) is 0.908. The van der Waals surface area contributed by atoms with E-state index in [0.29, 0.717) is 18.3 Å². The number of nitrogens with zero attached hydrogens (tertiary/aromatic N) is 2. The number of carbonyl (C=O) groups excluding carboxylic acids is 1. The summed E-state index contributed by atoms with van der Waals surface area (Å²) in [4.78, 5) is 18.7. The van der Waals surface area contributed by atoms with E-state index in [4.69, 9.17) is 5.73 Å². The molecule has 1 fully saturated rings. The van der Waals surface area contributed by atoms with E-state index in [-0.39, 0.29) is 5.91 Å². The largest absolute Gasteiger partial charge is 0.337 e. The lowest BCUT2D eigenvalue weighted by atomic mass is 9.84. The van der Waals surface area contributed by atoms with Gasteiger partial charge in [0, 0.05) is 24.9 Å². The van der Waals surface area contributed by atoms with Crippen molar-refractivity contribution in [1.82, 2.24) is 9.88 Å². The molecule has 0 radical (unpaired) electrons. The molecule has 0 bridgehead atoms. The van der Waals surface area contributed by atoms with Gasteiger partial charge in [0.1, 0.15) is 5.69 Å². The number of amides is 1. The van der Waals surface area contributed by atoms with Gasteiger partial charge < -0.3 is 10.6 Å². The van der Waals surface area contributed by atoms with Crippen molar-refractivity contribution in [2.24, 2.45) is 11.7 Å². The van der Waals surface area contributed by atoms with Crippen LogP contribution in [0, 0.1) is 5.92 Å². The number of hydrogen-bond donors (Lipinski definition) is 1. The summed E-state index contributed by atoms with van der Waals surface area (Å²) in [5.74, 6) is 0.912. The highest BCUT2D eigenvalue weighted by Crippen LogP contribution is 2.29. The predicted octanol–water partition coefficient (Wildman–Crippen LogP) is 2.69. The molecule has 0 aliphatic heterocycles. The second-order valence-corrected chi connectivity index (χ2v) is 6.61. The topological polar surface area (TPSA) is 59.2 Å². The fourth-order valence-electron chi connectivity index (χ4n) is 2.93. The van der Waals surface area contributed by atoms with Gasteiger partial charge >= 0.3 is 0 Å². The Bertz CT molecular complexity index is 438. The number of carbonyl (C=O) groups is 1. The average Bonchev–Trinajstić information content (AvgIpc) is 2.95. The summed E-state index contributed by atoms with van der Waals surface area (Å²) in [5.41, 5.74) is 6.10. The molecule has 1 aromatic rings. The summed E-state index contributed by atoms with van der Waals surface area (Å²) in [6.45, 7) is 2.84. The zero-order valence-electron chi connectivity index (χ0n) is 12.5. The Morgan fingerprint density at radius 2 is 2.15 bits per heavy atom. The van der Waals surface area contributed by atoms with Crippen molar-refractivity contribution in [2.45, 2.75) is 51.5 Å². The fourth-order valence-corrected chi connectivity index (χ4v) is 3.72. The minimum Gasteiger partial charge on any atom is -0.337 e. The Morgan fingerprint density at radius 3 is 2.75 bits per heavy atom. The molecule has 1 saturated carbocycles. The zero-order valence-corrected chi connectivity index (χ0v) is 13.3. The van der Waals surface area contributed by atoms with Crippen LogP contribution in [0.25, 0.3) is 0 Å². The van der Waals surface area contributed by atoms with E-state index in [0.717, 1.165) is 30.2 Å². The molecule has 0 spiro atoms. The third-order valence-corrected chi connectivity index (χ3v) is 5.30. The molecule has 0 aromatic carbocycles. The number of nitrogens with two attached hydrogens (primary N) is 1. The molecule has 4 nitrogen and oxygen atoms in total. The summed E-state index contributed by atoms with van der Waals surface area (Å²) >= 11 is 1.53. The first-order valence-corrected chi connectivity index (χ1v) is 8.45. The highest BCUT2D eigenvalue weighted by Gasteiger charge is 2.27. The molecular formula is C15H25N3OS. The van der Waals surface area contributed by atoms with Crippen LogP contribution in [-0.2, 0) is 6.42 Å². The second-order valence-electron chi connectivity index (χ2n) is 5.66. The maximum Gasteiger partial charge on any atom is 0.273 e. The SMILES string of the molecule is CCC1CCC(N(C)C(=O)c2csc(CCN)n2)CC1. The number of rotatable bonds is 5. The Labute approximate surface area is 125 Å². The first-order chi connectivity index (χ1) is 9.65. The molecule has 1 aliphatic rings. The van der Waals surface area contributed by atoms with E-state index in [1.807, 2.05) is 17.3 Å². The van der Waals surface area contributed by atoms with Crippen molar-refractivity contribution in [3.05, 3.63) is 16.1 Å². The van der Waals surface area contributed by atoms with Gasteiger partial charge in [0.2, 0.25) is 0 Å². The first-order valence-electron chi connectivity index (χ1n) is 7.57. The minimum absolute atomic E-state index is 0.0597. The van der Waals surface area contributed by atoms with Crippen molar-refractivity contribution in [2.75, 3.05) is 13.6 Å². The normalized spacial score (nSPS) is 22.8. The van der Waals surface area contributed by atoms with Crippen molar-refractivity contribution < 1.29 is 4.79 Å². The molecule has 0 atom stereocenters. The molecular weight excluding hydrogens is 270 g/mol. The van der Waals surface area contributed by atoms with Crippen LogP contribution in [0.5, 0.6) is 0 Å². The number of hydrogen-bond acceptors (Lipinski definition) is 4. The van der Waals surface area contributed by atoms with E-state index in [9.17, 15) is 4.79 Å². The van der Waals surface area contributed by atoms with Crippen LogP contribution in [0.4, 0.5) is 0 Å². The lowest BCUT2D eigenvalue weighted by Gasteiger charge is -2.34. The zero-order chi connectivity index (χ0) is 14.5. The molecule has 20 heavy (non-hydrogen) atoms. The van der Waals surface area contributed by atoms with E-state index < -0.39 is 0 Å². The predicted molar refractivity (Wildman–Crippen MR) is 83.0 cm³/mol. The van der Waals surface area contributed by atoms with Gasteiger partial charge in [-0.05, 0) is 38.1 Å². The van der Waals surface area contributed by atoms with E-state index in [1.165, 1.54) is 30.6 Å². The van der Waals surface area contributed by atoms with Crippen LogP contribution in [-0.4, -0.2) is 35.4 Å². The summed E-state index contributed by atoms with van der Waals surface area (Å²) < 4.78 is 0. The standard InChI is InChI=1S/C15H25N3OS/c1-3-11-4-6-12(7-5-11)18(2)15(19)13-10-20-14(17-13)8-9-16/h10-12H,3-9,16H2,1-2H3. The van der Waals surface area contributed by atoms with Gasteiger partial charge in [-0.15, -0.1) is 11.3 Å². The molecule has 0 saturated heterocycles. The lowest BCUT2D eigenvalue weighted by Crippen LogP contribution is -2.39. The summed E-state index contributed by atoms with van der Waals surface area (Å²) in [5, 5.41) is 2.82. The molecule has 2 N–H and O–H groups in total. The van der Waals surface area contributed by atoms with Gasteiger partial charge in [-0.3, -0.25) is 4.79 Å². The summed E-state index contributed by atoms with van der Waals surface area (Å²) in [6.07, 6.45) is 6.76. The highest BCUT2D eigenvalue weighted by atomic mass is 32.1. The maximum absolute atomic E-state index is 12.5. The average molecular weight is 295 g/mol. The van der Waals surface area contributed by atoms with Gasteiger partial charge in [-0.2, -0.15) is 0 Å². The first kappa shape index (κ1) is 15.4. The fraction of sp³-hybridized carbons (Fsp3) is 0.733. The number of thiazole rings is 1. The Morgan fingerprint density at radius 1 is 1.45 bits per heavy atom. The van der Waals surface area contributed by atoms with Crippen LogP contribution >= 0.6 is 11.3 Å². The van der Waals surface area contributed by atoms with Crippen LogP contribution in [0.2, 0.25) is 0 Å². The Hall–Kier alpha value is -0.940. The minimum atomic E-state index is 0.0597. The van der Waals surface area contributed by atoms with E-state index in [1.54, 1.807) is 0 Å². The molecule has 2 rings (SSSR count). The Balaban J connectivity index is 1.94. The van der Waals surface area contributed by atoms with Gasteiger partial charge in [-0.1, -0.05) is 13.3 Å². The van der Waals surface area contributed by atoms with Crippen LogP contribution in [0.3, 0.4) is 0 Å². The highest BCUT2D eigenvalue weighted by molar-refractivity contribution is 7.09. The van der Waals surface area contributed by atoms with Gasteiger partial charge in [0.05, 0.1) is 5.01 Å². The van der Waals surface area contributed by atoms with Gasteiger partial charge in [0.25, 0.3) is 5.91 Å². The third-order valence-electron chi connectivity index (χ3n) is 4.39. The smallest absolute Gasteiger partial charge is 0.273 e. The van der Waals surface area contributed by atoms with Gasteiger partial charge in [0.15, 0.2) is 0 Å². The third kappa shape index (κ3) is 3.58. The lowest BCUT2D eigenvalue weighted by molar-refractivity contribution is 0.0669. The van der Waals surface area contributed by atoms with Crippen molar-refractivity contribution >= 4 is 17.2 Å². The monoisotopic (exact) mass is 295 g/mol. The molecule has 0 unspecified atom stereocenters. The molecule has 1 aromatic heterocycles. The van der Waals surface area contributed by atoms with Gasteiger partial charge in [-0.25, -0.2) is 4.98 Å². The Kier molecular flexibility index (Phi) is 5.54. The van der Waals surface area contributed by atoms with E-state index in [2.05, 4.69) is 11.9 Å². The molecule has 1 heterocycles. The molecule has 1 amide bonds. The second kappa shape index (κ2) is 7.18. The van der Waals surface area contributed by atoms with Crippen LogP contribution in [0.15, 0.2) is 5.38 Å². The van der Waals surface area contributed by atoms with Crippen molar-refractivity contribution in [3.8, 4) is 0 Å². The maximum atomic E-state index is 12.5. The van der Waals surface area contributed by atoms with E-state index >= 15 is 0 Å². The van der Waals surface area contributed by atoms with Crippen LogP contribution in [0.1, 0.15) is 54.5 Å². The van der Waals surface area contributed by atoms with Crippen molar-refractivity contribution in [1.29, 1.82) is 0 Å². The molecule has 1 aliphatic carbocycles.